The quantitative estimate of drug-likeness (QED) is 0.642. The van der Waals surface area contributed by atoms with Crippen LogP contribution in [0.2, 0.25) is 0 Å². The van der Waals surface area contributed by atoms with Crippen LogP contribution in [0.1, 0.15) is 18.2 Å². The van der Waals surface area contributed by atoms with Gasteiger partial charge in [-0.3, -0.25) is 4.98 Å². The van der Waals surface area contributed by atoms with E-state index in [1.807, 2.05) is 37.3 Å². The van der Waals surface area contributed by atoms with Crippen molar-refractivity contribution >= 4 is 17.9 Å². The Morgan fingerprint density at radius 1 is 1.23 bits per heavy atom. The van der Waals surface area contributed by atoms with E-state index in [4.69, 9.17) is 9.47 Å². The molecule has 22 heavy (non-hydrogen) atoms. The Bertz CT molecular complexity index is 752. The van der Waals surface area contributed by atoms with Crippen LogP contribution in [0.5, 0.6) is 5.75 Å². The van der Waals surface area contributed by atoms with Gasteiger partial charge in [0.2, 0.25) is 5.90 Å². The van der Waals surface area contributed by atoms with Crippen molar-refractivity contribution < 1.29 is 14.3 Å². The molecular formula is C17H14N2O3. The topological polar surface area (TPSA) is 60.8 Å². The minimum Gasteiger partial charge on any atom is -0.494 e. The number of benzene rings is 1. The summed E-state index contributed by atoms with van der Waals surface area (Å²) in [6.45, 7) is 2.51. The van der Waals surface area contributed by atoms with Gasteiger partial charge in [0.05, 0.1) is 6.61 Å². The molecule has 0 saturated heterocycles. The lowest BCUT2D eigenvalue weighted by molar-refractivity contribution is -0.129. The number of ether oxygens (including phenoxy) is 2. The van der Waals surface area contributed by atoms with Crippen molar-refractivity contribution in [3.05, 3.63) is 65.6 Å². The third-order valence-corrected chi connectivity index (χ3v) is 2.98. The summed E-state index contributed by atoms with van der Waals surface area (Å²) in [7, 11) is 0. The smallest absolute Gasteiger partial charge is 0.363 e. The van der Waals surface area contributed by atoms with E-state index in [2.05, 4.69) is 9.98 Å². The molecule has 0 aliphatic carbocycles. The van der Waals surface area contributed by atoms with Gasteiger partial charge in [-0.2, -0.15) is 0 Å². The molecule has 0 radical (unpaired) electrons. The lowest BCUT2D eigenvalue weighted by Gasteiger charge is -2.03. The highest BCUT2D eigenvalue weighted by molar-refractivity contribution is 6.12. The van der Waals surface area contributed by atoms with Crippen LogP contribution < -0.4 is 4.74 Å². The number of hydrogen-bond acceptors (Lipinski definition) is 5. The van der Waals surface area contributed by atoms with Crippen LogP contribution in [0.25, 0.3) is 6.08 Å². The summed E-state index contributed by atoms with van der Waals surface area (Å²) in [5.41, 5.74) is 1.60. The first-order valence-electron chi connectivity index (χ1n) is 6.93. The number of carbonyl (C=O) groups excluding carboxylic acids is 1. The summed E-state index contributed by atoms with van der Waals surface area (Å²) < 4.78 is 10.6. The van der Waals surface area contributed by atoms with Gasteiger partial charge in [0.15, 0.2) is 5.70 Å². The molecule has 0 amide bonds. The molecule has 0 N–H and O–H groups in total. The van der Waals surface area contributed by atoms with E-state index in [1.54, 1.807) is 24.4 Å². The van der Waals surface area contributed by atoms with Crippen molar-refractivity contribution in [3.8, 4) is 5.75 Å². The normalized spacial score (nSPS) is 15.6. The zero-order valence-electron chi connectivity index (χ0n) is 12.0. The fourth-order valence-corrected chi connectivity index (χ4v) is 2.03. The first-order valence-corrected chi connectivity index (χ1v) is 6.93. The van der Waals surface area contributed by atoms with Crippen LogP contribution in [-0.4, -0.2) is 23.5 Å². The van der Waals surface area contributed by atoms with Crippen molar-refractivity contribution in [2.75, 3.05) is 6.61 Å². The minimum absolute atomic E-state index is 0.220. The van der Waals surface area contributed by atoms with E-state index in [-0.39, 0.29) is 11.6 Å². The third-order valence-electron chi connectivity index (χ3n) is 2.98. The number of pyridine rings is 1. The Morgan fingerprint density at radius 2 is 2.14 bits per heavy atom. The predicted octanol–water partition coefficient (Wildman–Crippen LogP) is 2.82. The standard InChI is InChI=1S/C17H14N2O3/c1-2-21-13-7-5-6-12(10-13)11-15-17(20)22-16(19-15)14-8-3-4-9-18-14/h3-11H,2H2,1H3/b15-11+. The number of esters is 1. The molecule has 0 unspecified atom stereocenters. The second kappa shape index (κ2) is 6.22. The van der Waals surface area contributed by atoms with E-state index in [0.717, 1.165) is 11.3 Å². The monoisotopic (exact) mass is 294 g/mol. The molecule has 0 bridgehead atoms. The van der Waals surface area contributed by atoms with Crippen LogP contribution in [-0.2, 0) is 9.53 Å². The molecule has 1 aromatic heterocycles. The van der Waals surface area contributed by atoms with Crippen LogP contribution in [0.3, 0.4) is 0 Å². The minimum atomic E-state index is -0.484. The Morgan fingerprint density at radius 3 is 2.91 bits per heavy atom. The van der Waals surface area contributed by atoms with Gasteiger partial charge in [-0.1, -0.05) is 18.2 Å². The molecule has 0 spiro atoms. The molecule has 5 nitrogen and oxygen atoms in total. The molecule has 1 aromatic carbocycles. The molecule has 2 heterocycles. The highest BCUT2D eigenvalue weighted by Crippen LogP contribution is 2.20. The predicted molar refractivity (Wildman–Crippen MR) is 82.5 cm³/mol. The molecule has 0 atom stereocenters. The van der Waals surface area contributed by atoms with Gasteiger partial charge in [0.1, 0.15) is 11.4 Å². The molecule has 3 rings (SSSR count). The number of rotatable bonds is 4. The lowest BCUT2D eigenvalue weighted by atomic mass is 10.2. The highest BCUT2D eigenvalue weighted by Gasteiger charge is 2.24. The maximum Gasteiger partial charge on any atom is 0.363 e. The summed E-state index contributed by atoms with van der Waals surface area (Å²) in [5.74, 6) is 0.484. The maximum atomic E-state index is 11.9. The van der Waals surface area contributed by atoms with E-state index in [0.29, 0.717) is 12.3 Å². The van der Waals surface area contributed by atoms with Gasteiger partial charge in [-0.05, 0) is 42.8 Å². The maximum absolute atomic E-state index is 11.9. The zero-order chi connectivity index (χ0) is 15.4. The summed E-state index contributed by atoms with van der Waals surface area (Å²) in [6, 6.07) is 12.8. The van der Waals surface area contributed by atoms with Gasteiger partial charge in [0, 0.05) is 6.20 Å². The summed E-state index contributed by atoms with van der Waals surface area (Å²) >= 11 is 0. The molecule has 2 aromatic rings. The van der Waals surface area contributed by atoms with Crippen molar-refractivity contribution in [2.45, 2.75) is 6.92 Å². The van der Waals surface area contributed by atoms with Crippen LogP contribution in [0.4, 0.5) is 0 Å². The summed E-state index contributed by atoms with van der Waals surface area (Å²) in [6.07, 6.45) is 3.29. The van der Waals surface area contributed by atoms with Crippen LogP contribution in [0.15, 0.2) is 59.4 Å². The molecule has 0 fully saturated rings. The van der Waals surface area contributed by atoms with Crippen molar-refractivity contribution in [2.24, 2.45) is 4.99 Å². The molecule has 110 valence electrons. The average Bonchev–Trinajstić information content (AvgIpc) is 2.90. The Kier molecular flexibility index (Phi) is 3.96. The number of aliphatic imine (C=N–C) groups is 1. The highest BCUT2D eigenvalue weighted by atomic mass is 16.6. The molecule has 1 aliphatic heterocycles. The third kappa shape index (κ3) is 3.03. The molecule has 0 saturated carbocycles. The second-order valence-electron chi connectivity index (χ2n) is 4.56. The SMILES string of the molecule is CCOc1cccc(/C=C2/N=C(c3ccccn3)OC2=O)c1. The van der Waals surface area contributed by atoms with Gasteiger partial charge in [-0.25, -0.2) is 9.79 Å². The van der Waals surface area contributed by atoms with Crippen molar-refractivity contribution in [1.29, 1.82) is 0 Å². The van der Waals surface area contributed by atoms with E-state index >= 15 is 0 Å². The molecule has 1 aliphatic rings. The zero-order valence-corrected chi connectivity index (χ0v) is 12.0. The van der Waals surface area contributed by atoms with E-state index in [9.17, 15) is 4.79 Å². The van der Waals surface area contributed by atoms with Crippen molar-refractivity contribution in [1.82, 2.24) is 4.98 Å². The first-order chi connectivity index (χ1) is 10.8. The van der Waals surface area contributed by atoms with Crippen LogP contribution >= 0.6 is 0 Å². The number of nitrogens with zero attached hydrogens (tertiary/aromatic N) is 2. The van der Waals surface area contributed by atoms with Crippen molar-refractivity contribution in [3.63, 3.8) is 0 Å². The Hall–Kier alpha value is -2.95. The van der Waals surface area contributed by atoms with Gasteiger partial charge >= 0.3 is 5.97 Å². The first kappa shape index (κ1) is 14.0. The van der Waals surface area contributed by atoms with Gasteiger partial charge < -0.3 is 9.47 Å². The average molecular weight is 294 g/mol. The largest absolute Gasteiger partial charge is 0.494 e. The number of cyclic esters (lactones) is 1. The summed E-state index contributed by atoms with van der Waals surface area (Å²) in [5, 5.41) is 0. The number of aromatic nitrogens is 1. The van der Waals surface area contributed by atoms with Crippen LogP contribution in [0, 0.1) is 0 Å². The van der Waals surface area contributed by atoms with Gasteiger partial charge in [0.25, 0.3) is 0 Å². The van der Waals surface area contributed by atoms with E-state index < -0.39 is 5.97 Å². The Labute approximate surface area is 127 Å². The van der Waals surface area contributed by atoms with Gasteiger partial charge in [-0.15, -0.1) is 0 Å². The summed E-state index contributed by atoms with van der Waals surface area (Å²) in [4.78, 5) is 20.2. The second-order valence-corrected chi connectivity index (χ2v) is 4.56. The molecule has 5 heteroatoms. The number of hydrogen-bond donors (Lipinski definition) is 0. The fraction of sp³-hybridized carbons (Fsp3) is 0.118. The molecular weight excluding hydrogens is 280 g/mol. The Balaban J connectivity index is 1.89. The lowest BCUT2D eigenvalue weighted by Crippen LogP contribution is -2.06. The fourth-order valence-electron chi connectivity index (χ4n) is 2.03. The number of carbonyl (C=O) groups is 1. The van der Waals surface area contributed by atoms with E-state index in [1.165, 1.54) is 0 Å².